The van der Waals surface area contributed by atoms with E-state index in [1.807, 2.05) is 6.92 Å². The third kappa shape index (κ3) is 4.36. The lowest BCUT2D eigenvalue weighted by Gasteiger charge is -2.03. The summed E-state index contributed by atoms with van der Waals surface area (Å²) in [7, 11) is 0. The summed E-state index contributed by atoms with van der Waals surface area (Å²) in [5, 5.41) is 6.98. The Labute approximate surface area is 66.0 Å². The second kappa shape index (κ2) is 5.70. The van der Waals surface area contributed by atoms with E-state index in [0.29, 0.717) is 13.2 Å². The Hall–Kier alpha value is -1.06. The molecule has 0 aromatic rings. The highest BCUT2D eigenvalue weighted by Crippen LogP contribution is 1.86. The molecule has 0 saturated heterocycles. The highest BCUT2D eigenvalue weighted by Gasteiger charge is 2.10. The van der Waals surface area contributed by atoms with E-state index in [9.17, 15) is 4.79 Å². The zero-order valence-corrected chi connectivity index (χ0v) is 6.85. The molecule has 0 spiro atoms. The smallest absolute Gasteiger partial charge is 0.393 e. The van der Waals surface area contributed by atoms with Gasteiger partial charge in [-0.2, -0.15) is 0 Å². The topological polar surface area (TPSA) is 59.4 Å². The molecule has 0 heterocycles. The number of carbonyl (C=O) groups is 1. The average Bonchev–Trinajstić information content (AvgIpc) is 2.00. The molecule has 0 fully saturated rings. The summed E-state index contributed by atoms with van der Waals surface area (Å²) < 4.78 is 9.23. The summed E-state index contributed by atoms with van der Waals surface area (Å²) in [6, 6.07) is 0. The van der Waals surface area contributed by atoms with Crippen LogP contribution in [0.4, 0.5) is 0 Å². The van der Waals surface area contributed by atoms with Gasteiger partial charge in [-0.05, 0) is 13.3 Å². The molecule has 11 heavy (non-hydrogen) atoms. The summed E-state index contributed by atoms with van der Waals surface area (Å²) in [5.74, 6) is -1.10. The monoisotopic (exact) mass is 159 g/mol. The van der Waals surface area contributed by atoms with Crippen molar-refractivity contribution in [2.45, 2.75) is 20.3 Å². The lowest BCUT2D eigenvalue weighted by molar-refractivity contribution is -0.137. The molecule has 0 rings (SSSR count). The summed E-state index contributed by atoms with van der Waals surface area (Å²) in [4.78, 5) is 10.7. The fourth-order valence-electron chi connectivity index (χ4n) is 0.464. The summed E-state index contributed by atoms with van der Waals surface area (Å²) in [6.45, 7) is 4.26. The molecule has 0 aromatic heterocycles. The maximum atomic E-state index is 10.7. The van der Waals surface area contributed by atoms with Crippen molar-refractivity contribution in [2.24, 2.45) is 0 Å². The predicted molar refractivity (Wildman–Crippen MR) is 40.6 cm³/mol. The van der Waals surface area contributed by atoms with Crippen molar-refractivity contribution in [2.75, 3.05) is 13.2 Å². The van der Waals surface area contributed by atoms with Crippen molar-refractivity contribution in [3.63, 3.8) is 0 Å². The molecule has 0 radical (unpaired) electrons. The van der Waals surface area contributed by atoms with Crippen LogP contribution in [0.2, 0.25) is 0 Å². The number of carbonyl (C=O) groups excluding carboxylic acids is 1. The molecule has 0 aromatic carbocycles. The van der Waals surface area contributed by atoms with Crippen LogP contribution in [0.5, 0.6) is 0 Å². The van der Waals surface area contributed by atoms with E-state index in [1.54, 1.807) is 6.92 Å². The van der Waals surface area contributed by atoms with Gasteiger partial charge in [-0.1, -0.05) is 6.92 Å². The normalized spacial score (nSPS) is 8.91. The molecular formula is C7H13NO3. The maximum absolute atomic E-state index is 10.7. The van der Waals surface area contributed by atoms with Gasteiger partial charge >= 0.3 is 5.97 Å². The fraction of sp³-hybridized carbons (Fsp3) is 0.714. The van der Waals surface area contributed by atoms with Crippen molar-refractivity contribution >= 4 is 11.9 Å². The van der Waals surface area contributed by atoms with Gasteiger partial charge in [-0.3, -0.25) is 5.41 Å². The third-order valence-electron chi connectivity index (χ3n) is 0.911. The van der Waals surface area contributed by atoms with Crippen molar-refractivity contribution in [3.8, 4) is 0 Å². The molecule has 4 nitrogen and oxygen atoms in total. The third-order valence-corrected chi connectivity index (χ3v) is 0.911. The van der Waals surface area contributed by atoms with Gasteiger partial charge in [0.15, 0.2) is 0 Å². The molecule has 4 heteroatoms. The predicted octanol–water partition coefficient (Wildman–Crippen LogP) is 0.953. The van der Waals surface area contributed by atoms with Gasteiger partial charge in [0, 0.05) is 0 Å². The Balaban J connectivity index is 3.56. The van der Waals surface area contributed by atoms with E-state index in [-0.39, 0.29) is 0 Å². The Morgan fingerprint density at radius 2 is 2.00 bits per heavy atom. The molecule has 1 N–H and O–H groups in total. The van der Waals surface area contributed by atoms with E-state index in [4.69, 9.17) is 5.41 Å². The summed E-state index contributed by atoms with van der Waals surface area (Å²) in [5.41, 5.74) is 0. The highest BCUT2D eigenvalue weighted by atomic mass is 16.6. The van der Waals surface area contributed by atoms with Crippen LogP contribution >= 0.6 is 0 Å². The van der Waals surface area contributed by atoms with Crippen molar-refractivity contribution in [1.82, 2.24) is 0 Å². The molecule has 0 unspecified atom stereocenters. The van der Waals surface area contributed by atoms with Crippen LogP contribution in [0.15, 0.2) is 0 Å². The van der Waals surface area contributed by atoms with Gasteiger partial charge in [0.05, 0.1) is 13.2 Å². The molecule has 0 bridgehead atoms. The van der Waals surface area contributed by atoms with Crippen LogP contribution in [0.25, 0.3) is 0 Å². The molecule has 64 valence electrons. The molecule has 0 amide bonds. The zero-order chi connectivity index (χ0) is 8.69. The van der Waals surface area contributed by atoms with Crippen LogP contribution in [0, 0.1) is 5.41 Å². The SMILES string of the molecule is CCCOC(=O)C(=N)OCC. The number of rotatable bonds is 3. The van der Waals surface area contributed by atoms with Crippen molar-refractivity contribution < 1.29 is 14.3 Å². The first-order chi connectivity index (χ1) is 5.22. The van der Waals surface area contributed by atoms with Gasteiger partial charge in [0.2, 0.25) is 0 Å². The quantitative estimate of drug-likeness (QED) is 0.379. The molecule has 0 aliphatic rings. The minimum Gasteiger partial charge on any atom is -0.473 e. The standard InChI is InChI=1S/C7H13NO3/c1-3-5-11-7(9)6(8)10-4-2/h8H,3-5H2,1-2H3. The van der Waals surface area contributed by atoms with Crippen LogP contribution in [-0.4, -0.2) is 25.1 Å². The van der Waals surface area contributed by atoms with E-state index in [1.165, 1.54) is 0 Å². The molecule has 0 aliphatic carbocycles. The number of hydrogen-bond donors (Lipinski definition) is 1. The minimum absolute atomic E-state index is 0.320. The number of ether oxygens (including phenoxy) is 2. The van der Waals surface area contributed by atoms with E-state index in [2.05, 4.69) is 9.47 Å². The van der Waals surface area contributed by atoms with Crippen LogP contribution in [0.3, 0.4) is 0 Å². The summed E-state index contributed by atoms with van der Waals surface area (Å²) >= 11 is 0. The van der Waals surface area contributed by atoms with Crippen LogP contribution in [0.1, 0.15) is 20.3 Å². The Bertz CT molecular complexity index is 145. The van der Waals surface area contributed by atoms with Crippen molar-refractivity contribution in [3.05, 3.63) is 0 Å². The van der Waals surface area contributed by atoms with E-state index in [0.717, 1.165) is 6.42 Å². The maximum Gasteiger partial charge on any atom is 0.393 e. The minimum atomic E-state index is -0.686. The van der Waals surface area contributed by atoms with Gasteiger partial charge in [-0.25, -0.2) is 4.79 Å². The second-order valence-corrected chi connectivity index (χ2v) is 1.90. The Morgan fingerprint density at radius 1 is 1.36 bits per heavy atom. The average molecular weight is 159 g/mol. The lowest BCUT2D eigenvalue weighted by atomic mass is 10.5. The number of esters is 1. The number of nitrogens with one attached hydrogen (secondary N) is 1. The van der Waals surface area contributed by atoms with Crippen molar-refractivity contribution in [1.29, 1.82) is 5.41 Å². The highest BCUT2D eigenvalue weighted by molar-refractivity contribution is 6.31. The van der Waals surface area contributed by atoms with Gasteiger partial charge in [-0.15, -0.1) is 0 Å². The molecular weight excluding hydrogens is 146 g/mol. The van der Waals surface area contributed by atoms with Crippen LogP contribution < -0.4 is 0 Å². The first-order valence-electron chi connectivity index (χ1n) is 3.60. The summed E-state index contributed by atoms with van der Waals surface area (Å²) in [6.07, 6.45) is 0.755. The fourth-order valence-corrected chi connectivity index (χ4v) is 0.464. The van der Waals surface area contributed by atoms with Crippen LogP contribution in [-0.2, 0) is 14.3 Å². The molecule has 0 saturated carbocycles. The second-order valence-electron chi connectivity index (χ2n) is 1.90. The Morgan fingerprint density at radius 3 is 2.45 bits per heavy atom. The van der Waals surface area contributed by atoms with Gasteiger partial charge < -0.3 is 9.47 Å². The van der Waals surface area contributed by atoms with Gasteiger partial charge in [0.1, 0.15) is 0 Å². The first kappa shape index (κ1) is 9.94. The van der Waals surface area contributed by atoms with E-state index >= 15 is 0 Å². The molecule has 0 atom stereocenters. The number of hydrogen-bond acceptors (Lipinski definition) is 4. The largest absolute Gasteiger partial charge is 0.473 e. The zero-order valence-electron chi connectivity index (χ0n) is 6.85. The molecule has 0 aliphatic heterocycles. The van der Waals surface area contributed by atoms with Gasteiger partial charge in [0.25, 0.3) is 5.90 Å². The van der Waals surface area contributed by atoms with E-state index < -0.39 is 11.9 Å². The lowest BCUT2D eigenvalue weighted by Crippen LogP contribution is -2.19. The first-order valence-corrected chi connectivity index (χ1v) is 3.60. The Kier molecular flexibility index (Phi) is 5.15.